The molecule has 0 aliphatic rings. The van der Waals surface area contributed by atoms with E-state index in [1.165, 1.54) is 6.92 Å². The second kappa shape index (κ2) is 6.54. The highest BCUT2D eigenvalue weighted by atomic mass is 16.5. The van der Waals surface area contributed by atoms with E-state index in [0.717, 1.165) is 5.56 Å². The molecule has 1 aromatic carbocycles. The van der Waals surface area contributed by atoms with Crippen LogP contribution in [0.5, 0.6) is 5.75 Å². The molecule has 5 heteroatoms. The van der Waals surface area contributed by atoms with Gasteiger partial charge in [0.15, 0.2) is 0 Å². The topological polar surface area (TPSA) is 81.8 Å². The Hall–Kier alpha value is -1.59. The highest BCUT2D eigenvalue weighted by Crippen LogP contribution is 2.19. The minimum atomic E-state index is -1.29. The van der Waals surface area contributed by atoms with E-state index >= 15 is 0 Å². The number of hydrogen-bond acceptors (Lipinski definition) is 4. The van der Waals surface area contributed by atoms with Crippen molar-refractivity contribution in [3.8, 4) is 5.75 Å². The molecule has 0 amide bonds. The maximum Gasteiger partial charge on any atom is 0.323 e. The fourth-order valence-electron chi connectivity index (χ4n) is 1.83. The predicted octanol–water partition coefficient (Wildman–Crippen LogP) is 1.79. The van der Waals surface area contributed by atoms with Gasteiger partial charge in [0, 0.05) is 13.5 Å². The Balaban J connectivity index is 2.64. The van der Waals surface area contributed by atoms with Gasteiger partial charge in [-0.25, -0.2) is 0 Å². The quantitative estimate of drug-likeness (QED) is 0.787. The molecule has 1 aromatic rings. The summed E-state index contributed by atoms with van der Waals surface area (Å²) in [5, 5.41) is 8.97. The largest absolute Gasteiger partial charge is 0.491 e. The smallest absolute Gasteiger partial charge is 0.323 e. The lowest BCUT2D eigenvalue weighted by atomic mass is 9.96. The maximum absolute atomic E-state index is 11.0. The molecule has 106 valence electrons. The van der Waals surface area contributed by atoms with Gasteiger partial charge in [-0.3, -0.25) is 4.79 Å². The second-order valence-electron chi connectivity index (χ2n) is 4.94. The van der Waals surface area contributed by atoms with Crippen LogP contribution in [0.1, 0.15) is 25.8 Å². The van der Waals surface area contributed by atoms with Crippen LogP contribution >= 0.6 is 0 Å². The molecule has 1 rings (SSSR count). The van der Waals surface area contributed by atoms with E-state index in [0.29, 0.717) is 12.4 Å². The number of carboxylic acids is 1. The number of nitrogens with two attached hydrogens (primary N) is 1. The Labute approximate surface area is 113 Å². The van der Waals surface area contributed by atoms with Crippen LogP contribution < -0.4 is 10.5 Å². The lowest BCUT2D eigenvalue weighted by Crippen LogP contribution is -2.47. The summed E-state index contributed by atoms with van der Waals surface area (Å²) < 4.78 is 10.7. The average molecular weight is 267 g/mol. The van der Waals surface area contributed by atoms with Crippen molar-refractivity contribution < 1.29 is 19.4 Å². The fraction of sp³-hybridized carbons (Fsp3) is 0.500. The molecular weight excluding hydrogens is 246 g/mol. The van der Waals surface area contributed by atoms with Crippen LogP contribution in [0, 0.1) is 0 Å². The number of benzene rings is 1. The predicted molar refractivity (Wildman–Crippen MR) is 72.1 cm³/mol. The molecule has 2 unspecified atom stereocenters. The number of methoxy groups -OCH3 is 1. The third-order valence-electron chi connectivity index (χ3n) is 2.75. The first-order chi connectivity index (χ1) is 8.85. The lowest BCUT2D eigenvalue weighted by Gasteiger charge is -2.24. The molecule has 0 aliphatic carbocycles. The van der Waals surface area contributed by atoms with Crippen LogP contribution in [0.25, 0.3) is 0 Å². The van der Waals surface area contributed by atoms with E-state index < -0.39 is 11.5 Å². The Morgan fingerprint density at radius 2 is 2.21 bits per heavy atom. The summed E-state index contributed by atoms with van der Waals surface area (Å²) in [4.78, 5) is 11.0. The highest BCUT2D eigenvalue weighted by Gasteiger charge is 2.30. The summed E-state index contributed by atoms with van der Waals surface area (Å²) in [5.41, 5.74) is 5.40. The number of carboxylic acid groups (broad SMARTS) is 1. The second-order valence-corrected chi connectivity index (χ2v) is 4.94. The maximum atomic E-state index is 11.0. The molecule has 3 N–H and O–H groups in total. The van der Waals surface area contributed by atoms with E-state index in [4.69, 9.17) is 20.3 Å². The van der Waals surface area contributed by atoms with E-state index in [2.05, 4.69) is 0 Å². The van der Waals surface area contributed by atoms with E-state index in [1.54, 1.807) is 14.0 Å². The molecule has 5 nitrogen and oxygen atoms in total. The number of carbonyl (C=O) groups is 1. The van der Waals surface area contributed by atoms with Gasteiger partial charge >= 0.3 is 5.97 Å². The van der Waals surface area contributed by atoms with Crippen molar-refractivity contribution in [3.63, 3.8) is 0 Å². The van der Waals surface area contributed by atoms with Crippen LogP contribution in [0.4, 0.5) is 0 Å². The normalized spacial score (nSPS) is 15.6. The van der Waals surface area contributed by atoms with Crippen LogP contribution in [-0.4, -0.2) is 29.8 Å². The van der Waals surface area contributed by atoms with Crippen LogP contribution in [0.3, 0.4) is 0 Å². The first-order valence-corrected chi connectivity index (χ1v) is 6.12. The van der Waals surface area contributed by atoms with E-state index in [-0.39, 0.29) is 12.5 Å². The molecule has 0 radical (unpaired) electrons. The zero-order valence-corrected chi connectivity index (χ0v) is 11.6. The standard InChI is InChI=1S/C14H21NO4/c1-10(8-14(2,15)13(16)17)19-12-6-4-5-11(7-12)9-18-3/h4-7,10H,8-9,15H2,1-3H3,(H,16,17). The monoisotopic (exact) mass is 267 g/mol. The Morgan fingerprint density at radius 3 is 2.79 bits per heavy atom. The third-order valence-corrected chi connectivity index (χ3v) is 2.75. The number of ether oxygens (including phenoxy) is 2. The molecule has 0 fully saturated rings. The molecule has 19 heavy (non-hydrogen) atoms. The molecule has 0 spiro atoms. The van der Waals surface area contributed by atoms with Gasteiger partial charge < -0.3 is 20.3 Å². The van der Waals surface area contributed by atoms with Crippen molar-refractivity contribution in [2.75, 3.05) is 7.11 Å². The lowest BCUT2D eigenvalue weighted by molar-refractivity contribution is -0.143. The molecule has 2 atom stereocenters. The summed E-state index contributed by atoms with van der Waals surface area (Å²) in [6.07, 6.45) is -0.0551. The van der Waals surface area contributed by atoms with Gasteiger partial charge in [0.05, 0.1) is 12.7 Å². The summed E-state index contributed by atoms with van der Waals surface area (Å²) >= 11 is 0. The van der Waals surface area contributed by atoms with Gasteiger partial charge in [-0.2, -0.15) is 0 Å². The number of rotatable bonds is 7. The molecule has 0 heterocycles. The molecule has 0 aromatic heterocycles. The third kappa shape index (κ3) is 4.89. The number of hydrogen-bond donors (Lipinski definition) is 2. The zero-order chi connectivity index (χ0) is 14.5. The van der Waals surface area contributed by atoms with Gasteiger partial charge in [-0.05, 0) is 31.5 Å². The summed E-state index contributed by atoms with van der Waals surface area (Å²) in [5.74, 6) is -0.348. The Kier molecular flexibility index (Phi) is 5.32. The molecule has 0 saturated heterocycles. The van der Waals surface area contributed by atoms with Crippen molar-refractivity contribution in [2.45, 2.75) is 38.5 Å². The first-order valence-electron chi connectivity index (χ1n) is 6.12. The zero-order valence-electron chi connectivity index (χ0n) is 11.6. The average Bonchev–Trinajstić information content (AvgIpc) is 2.28. The first kappa shape index (κ1) is 15.5. The van der Waals surface area contributed by atoms with Crippen molar-refractivity contribution in [2.24, 2.45) is 5.73 Å². The van der Waals surface area contributed by atoms with Crippen LogP contribution in [-0.2, 0) is 16.1 Å². The minimum Gasteiger partial charge on any atom is -0.491 e. The van der Waals surface area contributed by atoms with Crippen molar-refractivity contribution in [1.82, 2.24) is 0 Å². The van der Waals surface area contributed by atoms with E-state index in [9.17, 15) is 4.79 Å². The van der Waals surface area contributed by atoms with Gasteiger partial charge in [0.2, 0.25) is 0 Å². The van der Waals surface area contributed by atoms with Crippen LogP contribution in [0.15, 0.2) is 24.3 Å². The molecule has 0 aliphatic heterocycles. The summed E-state index contributed by atoms with van der Waals surface area (Å²) in [6, 6.07) is 7.50. The molecule has 0 bridgehead atoms. The van der Waals surface area contributed by atoms with Gasteiger partial charge in [0.1, 0.15) is 11.3 Å². The van der Waals surface area contributed by atoms with Crippen LogP contribution in [0.2, 0.25) is 0 Å². The summed E-state index contributed by atoms with van der Waals surface area (Å²) in [7, 11) is 1.63. The minimum absolute atomic E-state index is 0.233. The van der Waals surface area contributed by atoms with Gasteiger partial charge in [-0.1, -0.05) is 12.1 Å². The Bertz CT molecular complexity index is 431. The van der Waals surface area contributed by atoms with Crippen molar-refractivity contribution >= 4 is 5.97 Å². The Morgan fingerprint density at radius 1 is 1.53 bits per heavy atom. The van der Waals surface area contributed by atoms with Crippen molar-refractivity contribution in [3.05, 3.63) is 29.8 Å². The highest BCUT2D eigenvalue weighted by molar-refractivity contribution is 5.77. The van der Waals surface area contributed by atoms with Crippen molar-refractivity contribution in [1.29, 1.82) is 0 Å². The number of aliphatic carboxylic acids is 1. The van der Waals surface area contributed by atoms with Gasteiger partial charge in [0.25, 0.3) is 0 Å². The summed E-state index contributed by atoms with van der Waals surface area (Å²) in [6.45, 7) is 3.79. The van der Waals surface area contributed by atoms with Gasteiger partial charge in [-0.15, -0.1) is 0 Å². The fourth-order valence-corrected chi connectivity index (χ4v) is 1.83. The SMILES string of the molecule is COCc1cccc(OC(C)CC(C)(N)C(=O)O)c1. The molecule has 0 saturated carbocycles. The molecular formula is C14H21NO4. The van der Waals surface area contributed by atoms with E-state index in [1.807, 2.05) is 24.3 Å².